The van der Waals surface area contributed by atoms with Crippen LogP contribution in [0.3, 0.4) is 0 Å². The lowest BCUT2D eigenvalue weighted by atomic mass is 9.84. The average molecular weight is 370 g/mol. The fourth-order valence-electron chi connectivity index (χ4n) is 3.18. The predicted molar refractivity (Wildman–Crippen MR) is 100 cm³/mol. The smallest absolute Gasteiger partial charge is 0.225 e. The first kappa shape index (κ1) is 21.3. The summed E-state index contributed by atoms with van der Waals surface area (Å²) in [6, 6.07) is 7.36. The molecule has 0 aromatic heterocycles. The van der Waals surface area contributed by atoms with Crippen LogP contribution in [0.25, 0.3) is 0 Å². The monoisotopic (exact) mass is 369 g/mol. The van der Waals surface area contributed by atoms with Crippen LogP contribution in [0.2, 0.25) is 0 Å². The molecule has 1 aliphatic rings. The minimum Gasteiger partial charge on any atom is -0.497 e. The van der Waals surface area contributed by atoms with Gasteiger partial charge in [0.05, 0.1) is 19.1 Å². The zero-order valence-corrected chi connectivity index (χ0v) is 15.9. The Morgan fingerprint density at radius 2 is 1.96 bits per heavy atom. The first-order valence-corrected chi connectivity index (χ1v) is 8.40. The number of hydrogen-bond acceptors (Lipinski definition) is 4. The van der Waals surface area contributed by atoms with Crippen LogP contribution in [0.1, 0.15) is 30.9 Å². The van der Waals surface area contributed by atoms with E-state index in [1.54, 1.807) is 19.1 Å². The maximum atomic E-state index is 12.6. The van der Waals surface area contributed by atoms with Gasteiger partial charge in [-0.05, 0) is 44.1 Å². The molecule has 2 amide bonds. The Balaban J connectivity index is 0.00000312. The maximum Gasteiger partial charge on any atom is 0.225 e. The van der Waals surface area contributed by atoms with Crippen molar-refractivity contribution in [2.24, 2.45) is 5.92 Å². The highest BCUT2D eigenvalue weighted by atomic mass is 35.5. The minimum absolute atomic E-state index is 0. The number of benzene rings is 1. The van der Waals surface area contributed by atoms with Crippen LogP contribution in [0, 0.1) is 5.92 Å². The van der Waals surface area contributed by atoms with Crippen LogP contribution in [-0.4, -0.2) is 51.0 Å². The van der Waals surface area contributed by atoms with E-state index in [2.05, 4.69) is 10.6 Å². The number of carbonyl (C=O) groups excluding carboxylic acids is 2. The lowest BCUT2D eigenvalue weighted by molar-refractivity contribution is -0.141. The van der Waals surface area contributed by atoms with Crippen LogP contribution in [-0.2, 0) is 9.59 Å². The Morgan fingerprint density at radius 3 is 2.56 bits per heavy atom. The first-order valence-electron chi connectivity index (χ1n) is 8.40. The van der Waals surface area contributed by atoms with Crippen molar-refractivity contribution in [2.45, 2.75) is 25.3 Å². The molecule has 1 aliphatic heterocycles. The molecule has 1 fully saturated rings. The Labute approximate surface area is 155 Å². The molecular weight excluding hydrogens is 342 g/mol. The molecule has 6 nitrogen and oxygen atoms in total. The van der Waals surface area contributed by atoms with Gasteiger partial charge in [0.25, 0.3) is 0 Å². The van der Waals surface area contributed by atoms with Gasteiger partial charge < -0.3 is 20.3 Å². The van der Waals surface area contributed by atoms with Gasteiger partial charge in [0.2, 0.25) is 11.8 Å². The maximum absolute atomic E-state index is 12.6. The van der Waals surface area contributed by atoms with E-state index in [-0.39, 0.29) is 36.2 Å². The molecule has 2 atom stereocenters. The molecular formula is C18H28ClN3O3. The largest absolute Gasteiger partial charge is 0.497 e. The van der Waals surface area contributed by atoms with Crippen molar-refractivity contribution in [3.05, 3.63) is 29.8 Å². The number of amides is 2. The summed E-state index contributed by atoms with van der Waals surface area (Å²) in [5, 5.41) is 6.07. The highest BCUT2D eigenvalue weighted by Gasteiger charge is 2.38. The molecule has 0 radical (unpaired) electrons. The quantitative estimate of drug-likeness (QED) is 0.718. The molecule has 1 saturated heterocycles. The Morgan fingerprint density at radius 1 is 1.28 bits per heavy atom. The third-order valence-corrected chi connectivity index (χ3v) is 4.56. The van der Waals surface area contributed by atoms with Gasteiger partial charge >= 0.3 is 0 Å². The summed E-state index contributed by atoms with van der Waals surface area (Å²) in [6.07, 6.45) is 1.88. The molecule has 25 heavy (non-hydrogen) atoms. The fraction of sp³-hybridized carbons (Fsp3) is 0.556. The second-order valence-electron chi connectivity index (χ2n) is 6.12. The zero-order chi connectivity index (χ0) is 17.5. The summed E-state index contributed by atoms with van der Waals surface area (Å²) in [7, 11) is 5.29. The Hall–Kier alpha value is -1.79. The molecule has 1 aromatic rings. The summed E-state index contributed by atoms with van der Waals surface area (Å²) in [6.45, 7) is 1.51. The van der Waals surface area contributed by atoms with Crippen LogP contribution in [0.5, 0.6) is 5.75 Å². The SMILES string of the molecule is CNCCCNC(=O)C1CCC(=O)N(C)C1c1ccc(OC)cc1.Cl. The van der Waals surface area contributed by atoms with Crippen molar-refractivity contribution in [2.75, 3.05) is 34.3 Å². The van der Waals surface area contributed by atoms with Crippen LogP contribution in [0.15, 0.2) is 24.3 Å². The van der Waals surface area contributed by atoms with Gasteiger partial charge in [-0.15, -0.1) is 12.4 Å². The zero-order valence-electron chi connectivity index (χ0n) is 15.1. The van der Waals surface area contributed by atoms with Crippen molar-refractivity contribution >= 4 is 24.2 Å². The summed E-state index contributed by atoms with van der Waals surface area (Å²) in [5.74, 6) is 0.633. The third kappa shape index (κ3) is 5.34. The number of ether oxygens (including phenoxy) is 1. The van der Waals surface area contributed by atoms with E-state index < -0.39 is 0 Å². The molecule has 0 aliphatic carbocycles. The molecule has 1 aromatic carbocycles. The highest BCUT2D eigenvalue weighted by Crippen LogP contribution is 2.36. The molecule has 2 unspecified atom stereocenters. The fourth-order valence-corrected chi connectivity index (χ4v) is 3.18. The van der Waals surface area contributed by atoms with Crippen LogP contribution in [0.4, 0.5) is 0 Å². The highest BCUT2D eigenvalue weighted by molar-refractivity contribution is 5.85. The molecule has 1 heterocycles. The van der Waals surface area contributed by atoms with Gasteiger partial charge in [-0.2, -0.15) is 0 Å². The van der Waals surface area contributed by atoms with E-state index in [0.717, 1.165) is 24.3 Å². The molecule has 2 rings (SSSR count). The molecule has 0 bridgehead atoms. The van der Waals surface area contributed by atoms with Crippen molar-refractivity contribution in [1.29, 1.82) is 0 Å². The number of nitrogens with one attached hydrogen (secondary N) is 2. The summed E-state index contributed by atoms with van der Waals surface area (Å²) >= 11 is 0. The standard InChI is InChI=1S/C18H27N3O3.ClH/c1-19-11-4-12-20-18(23)15-9-10-16(22)21(2)17(15)13-5-7-14(24-3)8-6-13;/h5-8,15,17,19H,4,9-12H2,1-3H3,(H,20,23);1H. The summed E-state index contributed by atoms with van der Waals surface area (Å²) in [5.41, 5.74) is 0.960. The van der Waals surface area contributed by atoms with Gasteiger partial charge in [-0.3, -0.25) is 9.59 Å². The van der Waals surface area contributed by atoms with Gasteiger partial charge in [0, 0.05) is 20.0 Å². The van der Waals surface area contributed by atoms with Gasteiger partial charge in [-0.25, -0.2) is 0 Å². The van der Waals surface area contributed by atoms with Crippen LogP contribution < -0.4 is 15.4 Å². The number of carbonyl (C=O) groups is 2. The van der Waals surface area contributed by atoms with E-state index in [9.17, 15) is 9.59 Å². The number of likely N-dealkylation sites (tertiary alicyclic amines) is 1. The van der Waals surface area contributed by atoms with Crippen LogP contribution >= 0.6 is 12.4 Å². The average Bonchev–Trinajstić information content (AvgIpc) is 2.61. The van der Waals surface area contributed by atoms with Crippen molar-refractivity contribution in [3.63, 3.8) is 0 Å². The number of piperidine rings is 1. The molecule has 2 N–H and O–H groups in total. The van der Waals surface area contributed by atoms with E-state index in [1.807, 2.05) is 31.3 Å². The number of halogens is 1. The minimum atomic E-state index is -0.235. The van der Waals surface area contributed by atoms with Gasteiger partial charge in [-0.1, -0.05) is 12.1 Å². The summed E-state index contributed by atoms with van der Waals surface area (Å²) in [4.78, 5) is 26.5. The van der Waals surface area contributed by atoms with E-state index >= 15 is 0 Å². The number of rotatable bonds is 7. The normalized spacial score (nSPS) is 20.0. The first-order chi connectivity index (χ1) is 11.6. The molecule has 0 spiro atoms. The molecule has 7 heteroatoms. The number of methoxy groups -OCH3 is 1. The van der Waals surface area contributed by atoms with E-state index in [4.69, 9.17) is 4.74 Å². The number of hydrogen-bond donors (Lipinski definition) is 2. The topological polar surface area (TPSA) is 70.7 Å². The van der Waals surface area contributed by atoms with Crippen molar-refractivity contribution in [1.82, 2.24) is 15.5 Å². The molecule has 0 saturated carbocycles. The summed E-state index contributed by atoms with van der Waals surface area (Å²) < 4.78 is 5.19. The lowest BCUT2D eigenvalue weighted by Gasteiger charge is -2.38. The third-order valence-electron chi connectivity index (χ3n) is 4.56. The van der Waals surface area contributed by atoms with E-state index in [1.165, 1.54) is 0 Å². The van der Waals surface area contributed by atoms with Gasteiger partial charge in [0.15, 0.2) is 0 Å². The van der Waals surface area contributed by atoms with Crippen molar-refractivity contribution < 1.29 is 14.3 Å². The molecule has 140 valence electrons. The Bertz CT molecular complexity index is 565. The second-order valence-corrected chi connectivity index (χ2v) is 6.12. The lowest BCUT2D eigenvalue weighted by Crippen LogP contribution is -2.46. The second kappa shape index (κ2) is 10.3. The number of nitrogens with zero attached hydrogens (tertiary/aromatic N) is 1. The predicted octanol–water partition coefficient (Wildman–Crippen LogP) is 1.75. The Kier molecular flexibility index (Phi) is 8.72. The van der Waals surface area contributed by atoms with Crippen molar-refractivity contribution in [3.8, 4) is 5.75 Å². The van der Waals surface area contributed by atoms with E-state index in [0.29, 0.717) is 19.4 Å². The van der Waals surface area contributed by atoms with Gasteiger partial charge in [0.1, 0.15) is 5.75 Å².